The van der Waals surface area contributed by atoms with Crippen LogP contribution in [0.5, 0.6) is 0 Å². The van der Waals surface area contributed by atoms with E-state index in [1.165, 1.54) is 22.6 Å². The molecule has 1 amide bonds. The first-order valence-electron chi connectivity index (χ1n) is 5.78. The van der Waals surface area contributed by atoms with Gasteiger partial charge in [-0.2, -0.15) is 4.31 Å². The van der Waals surface area contributed by atoms with E-state index in [9.17, 15) is 13.2 Å². The lowest BCUT2D eigenvalue weighted by atomic mass is 10.1. The number of aromatic nitrogens is 1. The highest BCUT2D eigenvalue weighted by Crippen LogP contribution is 2.24. The van der Waals surface area contributed by atoms with Crippen molar-refractivity contribution < 1.29 is 13.2 Å². The maximum absolute atomic E-state index is 12.3. The maximum atomic E-state index is 12.3. The van der Waals surface area contributed by atoms with Crippen LogP contribution in [0.2, 0.25) is 5.15 Å². The van der Waals surface area contributed by atoms with Crippen LogP contribution in [-0.4, -0.2) is 43.8 Å². The average Bonchev–Trinajstić information content (AvgIpc) is 2.88. The van der Waals surface area contributed by atoms with Gasteiger partial charge in [0.2, 0.25) is 15.9 Å². The van der Waals surface area contributed by atoms with Gasteiger partial charge in [0.15, 0.2) is 0 Å². The molecule has 0 radical (unpaired) electrons. The van der Waals surface area contributed by atoms with Crippen molar-refractivity contribution in [3.8, 4) is 0 Å². The van der Waals surface area contributed by atoms with Crippen LogP contribution in [0.3, 0.4) is 0 Å². The molecular weight excluding hydrogens is 290 g/mol. The third-order valence-corrected chi connectivity index (χ3v) is 5.18. The number of carbonyl (C=O) groups excluding carboxylic acids is 1. The summed E-state index contributed by atoms with van der Waals surface area (Å²) in [4.78, 5) is 15.4. The van der Waals surface area contributed by atoms with Gasteiger partial charge < -0.3 is 5.32 Å². The first-order chi connectivity index (χ1) is 8.95. The third kappa shape index (κ3) is 2.88. The Labute approximate surface area is 116 Å². The van der Waals surface area contributed by atoms with Gasteiger partial charge in [0, 0.05) is 26.3 Å². The number of amides is 1. The van der Waals surface area contributed by atoms with Gasteiger partial charge in [-0.15, -0.1) is 0 Å². The van der Waals surface area contributed by atoms with E-state index in [-0.39, 0.29) is 28.4 Å². The van der Waals surface area contributed by atoms with Crippen molar-refractivity contribution in [2.24, 2.45) is 5.92 Å². The summed E-state index contributed by atoms with van der Waals surface area (Å²) in [5.41, 5.74) is 0. The molecule has 1 aliphatic rings. The van der Waals surface area contributed by atoms with Crippen molar-refractivity contribution in [1.29, 1.82) is 0 Å². The molecule has 8 heteroatoms. The lowest BCUT2D eigenvalue weighted by molar-refractivity contribution is -0.123. The Morgan fingerprint density at radius 3 is 2.84 bits per heavy atom. The molecule has 1 aliphatic heterocycles. The lowest BCUT2D eigenvalue weighted by Crippen LogP contribution is -2.33. The van der Waals surface area contributed by atoms with Gasteiger partial charge in [0.1, 0.15) is 10.0 Å². The van der Waals surface area contributed by atoms with E-state index in [0.29, 0.717) is 13.0 Å². The van der Waals surface area contributed by atoms with E-state index < -0.39 is 10.0 Å². The maximum Gasteiger partial charge on any atom is 0.244 e. The minimum Gasteiger partial charge on any atom is -0.359 e. The minimum atomic E-state index is -3.60. The Kier molecular flexibility index (Phi) is 4.07. The summed E-state index contributed by atoms with van der Waals surface area (Å²) in [5, 5.41) is 2.78. The standard InChI is InChI=1S/C11H14ClN3O3S/c1-13-11(16)8-4-5-15(7-8)19(17,18)9-2-3-10(12)14-6-9/h2-3,6,8H,4-5,7H2,1H3,(H,13,16)/t8-/m1/s1. The molecule has 0 saturated carbocycles. The van der Waals surface area contributed by atoms with Crippen molar-refractivity contribution in [2.75, 3.05) is 20.1 Å². The molecule has 1 aromatic heterocycles. The second-order valence-corrected chi connectivity index (χ2v) is 6.60. The summed E-state index contributed by atoms with van der Waals surface area (Å²) < 4.78 is 25.9. The van der Waals surface area contributed by atoms with Crippen LogP contribution in [0.25, 0.3) is 0 Å². The highest BCUT2D eigenvalue weighted by molar-refractivity contribution is 7.89. The SMILES string of the molecule is CNC(=O)[C@@H]1CCN(S(=O)(=O)c2ccc(Cl)nc2)C1. The second kappa shape index (κ2) is 5.44. The molecule has 104 valence electrons. The van der Waals surface area contributed by atoms with Crippen molar-refractivity contribution in [1.82, 2.24) is 14.6 Å². The molecule has 6 nitrogen and oxygen atoms in total. The zero-order valence-electron chi connectivity index (χ0n) is 10.3. The molecule has 2 heterocycles. The van der Waals surface area contributed by atoms with Crippen molar-refractivity contribution in [2.45, 2.75) is 11.3 Å². The summed E-state index contributed by atoms with van der Waals surface area (Å²) in [6, 6.07) is 2.85. The Bertz CT molecular complexity index is 573. The highest BCUT2D eigenvalue weighted by Gasteiger charge is 2.35. The molecular formula is C11H14ClN3O3S. The smallest absolute Gasteiger partial charge is 0.244 e. The zero-order chi connectivity index (χ0) is 14.0. The number of hydrogen-bond acceptors (Lipinski definition) is 4. The summed E-state index contributed by atoms with van der Waals surface area (Å²) in [6.45, 7) is 0.535. The van der Waals surface area contributed by atoms with Gasteiger partial charge in [-0.1, -0.05) is 11.6 Å². The summed E-state index contributed by atoms with van der Waals surface area (Å²) in [7, 11) is -2.05. The summed E-state index contributed by atoms with van der Waals surface area (Å²) >= 11 is 5.63. The number of hydrogen-bond donors (Lipinski definition) is 1. The van der Waals surface area contributed by atoms with Crippen LogP contribution in [0, 0.1) is 5.92 Å². The van der Waals surface area contributed by atoms with Crippen LogP contribution < -0.4 is 5.32 Å². The number of sulfonamides is 1. The molecule has 0 bridgehead atoms. The number of pyridine rings is 1. The average molecular weight is 304 g/mol. The topological polar surface area (TPSA) is 79.4 Å². The predicted octanol–water partition coefficient (Wildman–Crippen LogP) is 0.492. The second-order valence-electron chi connectivity index (χ2n) is 4.28. The Balaban J connectivity index is 2.18. The quantitative estimate of drug-likeness (QED) is 0.824. The molecule has 0 unspecified atom stereocenters. The first-order valence-corrected chi connectivity index (χ1v) is 7.60. The normalized spacial score (nSPS) is 20.4. The molecule has 2 rings (SSSR count). The van der Waals surface area contributed by atoms with E-state index in [0.717, 1.165) is 0 Å². The molecule has 1 fully saturated rings. The number of halogens is 1. The zero-order valence-corrected chi connectivity index (χ0v) is 11.9. The van der Waals surface area contributed by atoms with Crippen LogP contribution in [0.15, 0.2) is 23.2 Å². The fourth-order valence-electron chi connectivity index (χ4n) is 2.03. The molecule has 0 aliphatic carbocycles. The highest BCUT2D eigenvalue weighted by atomic mass is 35.5. The lowest BCUT2D eigenvalue weighted by Gasteiger charge is -2.16. The number of nitrogens with one attached hydrogen (secondary N) is 1. The van der Waals surface area contributed by atoms with E-state index in [1.54, 1.807) is 7.05 Å². The number of carbonyl (C=O) groups is 1. The van der Waals surface area contributed by atoms with Gasteiger partial charge in [-0.3, -0.25) is 4.79 Å². The Morgan fingerprint density at radius 2 is 2.26 bits per heavy atom. The van der Waals surface area contributed by atoms with Gasteiger partial charge in [0.25, 0.3) is 0 Å². The minimum absolute atomic E-state index is 0.0921. The van der Waals surface area contributed by atoms with E-state index >= 15 is 0 Å². The first kappa shape index (κ1) is 14.2. The van der Waals surface area contributed by atoms with Crippen LogP contribution >= 0.6 is 11.6 Å². The number of nitrogens with zero attached hydrogens (tertiary/aromatic N) is 2. The van der Waals surface area contributed by atoms with Gasteiger partial charge in [-0.25, -0.2) is 13.4 Å². The van der Waals surface area contributed by atoms with Crippen LogP contribution in [-0.2, 0) is 14.8 Å². The monoisotopic (exact) mass is 303 g/mol. The van der Waals surface area contributed by atoms with Gasteiger partial charge >= 0.3 is 0 Å². The van der Waals surface area contributed by atoms with Crippen LogP contribution in [0.1, 0.15) is 6.42 Å². The third-order valence-electron chi connectivity index (χ3n) is 3.11. The summed E-state index contributed by atoms with van der Waals surface area (Å²) in [6.07, 6.45) is 1.75. The Hall–Kier alpha value is -1.18. The molecule has 1 N–H and O–H groups in total. The molecule has 0 spiro atoms. The fraction of sp³-hybridized carbons (Fsp3) is 0.455. The van der Waals surface area contributed by atoms with Gasteiger partial charge in [0.05, 0.1) is 5.92 Å². The van der Waals surface area contributed by atoms with E-state index in [2.05, 4.69) is 10.3 Å². The molecule has 1 saturated heterocycles. The number of rotatable bonds is 3. The fourth-order valence-corrected chi connectivity index (χ4v) is 3.59. The molecule has 1 atom stereocenters. The Morgan fingerprint density at radius 1 is 1.53 bits per heavy atom. The molecule has 1 aromatic rings. The van der Waals surface area contributed by atoms with Crippen molar-refractivity contribution in [3.63, 3.8) is 0 Å². The largest absolute Gasteiger partial charge is 0.359 e. The van der Waals surface area contributed by atoms with Gasteiger partial charge in [-0.05, 0) is 18.6 Å². The van der Waals surface area contributed by atoms with E-state index in [1.807, 2.05) is 0 Å². The van der Waals surface area contributed by atoms with E-state index in [4.69, 9.17) is 11.6 Å². The van der Waals surface area contributed by atoms with Crippen molar-refractivity contribution in [3.05, 3.63) is 23.5 Å². The molecule has 0 aromatic carbocycles. The molecule has 19 heavy (non-hydrogen) atoms. The summed E-state index contributed by atoms with van der Waals surface area (Å²) in [5.74, 6) is -0.424. The predicted molar refractivity (Wildman–Crippen MR) is 70.2 cm³/mol. The van der Waals surface area contributed by atoms with Crippen molar-refractivity contribution >= 4 is 27.5 Å². The van der Waals surface area contributed by atoms with Crippen LogP contribution in [0.4, 0.5) is 0 Å².